The summed E-state index contributed by atoms with van der Waals surface area (Å²) in [5.41, 5.74) is 0. The van der Waals surface area contributed by atoms with Crippen LogP contribution in [0.3, 0.4) is 0 Å². The molecule has 0 aromatic carbocycles. The molecule has 0 atom stereocenters. The number of unbranched alkanes of at least 4 members (excludes halogenated alkanes) is 13. The zero-order valence-electron chi connectivity index (χ0n) is 15.5. The Labute approximate surface area is 139 Å². The zero-order valence-corrected chi connectivity index (χ0v) is 18.8. The maximum absolute atomic E-state index is 2.38. The molecule has 0 aliphatic carbocycles. The van der Waals surface area contributed by atoms with E-state index in [9.17, 15) is 0 Å². The van der Waals surface area contributed by atoms with Crippen molar-refractivity contribution in [2.24, 2.45) is 0 Å². The average molecular weight is 386 g/mol. The van der Waals surface area contributed by atoms with Crippen LogP contribution >= 0.6 is 0 Å². The Hall–Kier alpha value is 0.870. The summed E-state index contributed by atoms with van der Waals surface area (Å²) in [4.78, 5) is 0. The van der Waals surface area contributed by atoms with Gasteiger partial charge in [-0.05, 0) is 0 Å². The third kappa shape index (κ3) is 31.3. The summed E-state index contributed by atoms with van der Waals surface area (Å²) in [6.07, 6.45) is 20.4. The van der Waals surface area contributed by atoms with E-state index in [-0.39, 0.29) is 0 Å². The monoisotopic (exact) mass is 386 g/mol. The normalized spacial score (nSPS) is 10.1. The molecule has 0 nitrogen and oxygen atoms in total. The van der Waals surface area contributed by atoms with Gasteiger partial charge in [0, 0.05) is 0 Å². The molecule has 0 aliphatic rings. The van der Waals surface area contributed by atoms with E-state index in [0.29, 0.717) is 0 Å². The van der Waals surface area contributed by atoms with Crippen molar-refractivity contribution in [3.05, 3.63) is 0 Å². The molecule has 0 heterocycles. The number of hydrogen-bond donors (Lipinski definition) is 0. The van der Waals surface area contributed by atoms with Crippen LogP contribution in [0.4, 0.5) is 0 Å². The van der Waals surface area contributed by atoms with Gasteiger partial charge in [-0.15, -0.1) is 0 Å². The van der Waals surface area contributed by atoms with Crippen LogP contribution in [0.15, 0.2) is 0 Å². The second-order valence-corrected chi connectivity index (χ2v) is 16.9. The van der Waals surface area contributed by atoms with E-state index in [0.717, 1.165) is 0 Å². The van der Waals surface area contributed by atoms with Crippen LogP contribution in [-0.4, -0.2) is 21.4 Å². The summed E-state index contributed by atoms with van der Waals surface area (Å²) in [5.74, 6) is 0. The van der Waals surface area contributed by atoms with Gasteiger partial charge in [-0.3, -0.25) is 0 Å². The molecule has 0 spiro atoms. The molecule has 0 aromatic rings. The van der Waals surface area contributed by atoms with E-state index < -0.39 is 21.4 Å². The van der Waals surface area contributed by atoms with Crippen molar-refractivity contribution in [2.75, 3.05) is 0 Å². The quantitative estimate of drug-likeness (QED) is 0.283. The number of rotatable bonds is 13. The Morgan fingerprint density at radius 2 is 0.550 bits per heavy atom. The summed E-state index contributed by atoms with van der Waals surface area (Å²) in [7, 11) is 0. The summed E-state index contributed by atoms with van der Waals surface area (Å²) < 4.78 is 7.13. The average Bonchev–Trinajstić information content (AvgIpc) is 2.39. The molecule has 0 radical (unpaired) electrons. The minimum atomic E-state index is -0.637. The first-order valence-electron chi connectivity index (χ1n) is 9.65. The molecular weight excluding hydrogens is 343 g/mol. The van der Waals surface area contributed by atoms with Crippen LogP contribution in [0.1, 0.15) is 104 Å². The molecule has 0 saturated carbocycles. The molecule has 0 N–H and O–H groups in total. The van der Waals surface area contributed by atoms with Crippen LogP contribution in [-0.2, 0) is 0 Å². The molecule has 122 valence electrons. The van der Waals surface area contributed by atoms with Crippen molar-refractivity contribution in [1.82, 2.24) is 0 Å². The van der Waals surface area contributed by atoms with Crippen LogP contribution < -0.4 is 0 Å². The fraction of sp³-hybridized carbons (Fsp3) is 1.00. The van der Waals surface area contributed by atoms with Crippen molar-refractivity contribution in [2.45, 2.75) is 118 Å². The fourth-order valence-corrected chi connectivity index (χ4v) is 2.27. The SMILES string of the molecule is CCCCCCCCCCCCCCCC.[CH3][In]([CH3])[CH3]. The van der Waals surface area contributed by atoms with Crippen molar-refractivity contribution in [3.63, 3.8) is 0 Å². The summed E-state index contributed by atoms with van der Waals surface area (Å²) >= 11 is -0.637. The molecule has 0 fully saturated rings. The molecule has 0 aliphatic heterocycles. The fourth-order valence-electron chi connectivity index (χ4n) is 2.27. The van der Waals surface area contributed by atoms with Crippen molar-refractivity contribution < 1.29 is 0 Å². The van der Waals surface area contributed by atoms with E-state index in [2.05, 4.69) is 27.9 Å². The molecule has 0 aromatic heterocycles. The van der Waals surface area contributed by atoms with Crippen LogP contribution in [0.5, 0.6) is 0 Å². The van der Waals surface area contributed by atoms with Gasteiger partial charge in [-0.1, -0.05) is 104 Å². The van der Waals surface area contributed by atoms with Crippen LogP contribution in [0.25, 0.3) is 0 Å². The topological polar surface area (TPSA) is 0 Å². The van der Waals surface area contributed by atoms with E-state index in [1.54, 1.807) is 0 Å². The number of hydrogen-bond acceptors (Lipinski definition) is 0. The summed E-state index contributed by atoms with van der Waals surface area (Å²) in [6, 6.07) is 0. The molecule has 1 heteroatoms. The van der Waals surface area contributed by atoms with Gasteiger partial charge in [0.2, 0.25) is 0 Å². The first-order valence-corrected chi connectivity index (χ1v) is 19.5. The van der Waals surface area contributed by atoms with Gasteiger partial charge in [0.05, 0.1) is 0 Å². The summed E-state index contributed by atoms with van der Waals surface area (Å²) in [5, 5.41) is 0. The molecule has 0 rings (SSSR count). The van der Waals surface area contributed by atoms with Gasteiger partial charge in [-0.25, -0.2) is 0 Å². The third-order valence-corrected chi connectivity index (χ3v) is 3.46. The molecule has 0 amide bonds. The zero-order chi connectivity index (χ0) is 15.5. The van der Waals surface area contributed by atoms with Gasteiger partial charge in [0.1, 0.15) is 0 Å². The molecule has 0 bridgehead atoms. The Morgan fingerprint density at radius 3 is 0.700 bits per heavy atom. The predicted molar refractivity (Wildman–Crippen MR) is 99.3 cm³/mol. The first-order chi connectivity index (χ1) is 9.65. The Balaban J connectivity index is 0. The van der Waals surface area contributed by atoms with E-state index in [1.165, 1.54) is 89.9 Å². The Morgan fingerprint density at radius 1 is 0.400 bits per heavy atom. The van der Waals surface area contributed by atoms with Gasteiger partial charge in [0.15, 0.2) is 0 Å². The third-order valence-electron chi connectivity index (χ3n) is 3.46. The van der Waals surface area contributed by atoms with E-state index in [1.807, 2.05) is 0 Å². The maximum atomic E-state index is 2.38. The Bertz CT molecular complexity index is 126. The Kier molecular flexibility index (Phi) is 25.6. The first kappa shape index (κ1) is 23.1. The second-order valence-electron chi connectivity index (χ2n) is 6.97. The van der Waals surface area contributed by atoms with Crippen molar-refractivity contribution >= 4 is 21.4 Å². The van der Waals surface area contributed by atoms with Gasteiger partial charge < -0.3 is 0 Å². The molecular formula is C19H43In. The van der Waals surface area contributed by atoms with E-state index >= 15 is 0 Å². The predicted octanol–water partition coefficient (Wildman–Crippen LogP) is 7.86. The van der Waals surface area contributed by atoms with Crippen molar-refractivity contribution in [3.8, 4) is 0 Å². The molecule has 0 unspecified atom stereocenters. The van der Waals surface area contributed by atoms with Gasteiger partial charge in [-0.2, -0.15) is 0 Å². The van der Waals surface area contributed by atoms with Crippen molar-refractivity contribution in [1.29, 1.82) is 0 Å². The molecule has 0 saturated heterocycles. The summed E-state index contributed by atoms with van der Waals surface area (Å²) in [6.45, 7) is 4.58. The van der Waals surface area contributed by atoms with Crippen LogP contribution in [0.2, 0.25) is 14.0 Å². The molecule has 20 heavy (non-hydrogen) atoms. The van der Waals surface area contributed by atoms with Gasteiger partial charge in [0.25, 0.3) is 0 Å². The standard InChI is InChI=1S/C16H34.3CH3.In/c1-3-5-7-9-11-13-15-16-14-12-10-8-6-4-2;;;;/h3-16H2,1-2H3;3*1H3;. The minimum absolute atomic E-state index is 0.637. The second kappa shape index (κ2) is 22.2. The van der Waals surface area contributed by atoms with Crippen LogP contribution in [0, 0.1) is 0 Å². The van der Waals surface area contributed by atoms with E-state index in [4.69, 9.17) is 0 Å². The van der Waals surface area contributed by atoms with Gasteiger partial charge >= 0.3 is 35.5 Å².